The summed E-state index contributed by atoms with van der Waals surface area (Å²) in [4.78, 5) is 16.8. The van der Waals surface area contributed by atoms with Crippen molar-refractivity contribution >= 4 is 17.5 Å². The number of benzene rings is 1. The van der Waals surface area contributed by atoms with Crippen LogP contribution >= 0.6 is 11.6 Å². The number of halogens is 3. The van der Waals surface area contributed by atoms with Crippen molar-refractivity contribution in [3.63, 3.8) is 0 Å². The highest BCUT2D eigenvalue weighted by atomic mass is 35.5. The third-order valence-electron chi connectivity index (χ3n) is 5.38. The molecule has 0 atom stereocenters. The van der Waals surface area contributed by atoms with Gasteiger partial charge in [0.25, 0.3) is 6.43 Å². The Bertz CT molecular complexity index is 827. The van der Waals surface area contributed by atoms with E-state index in [1.807, 2.05) is 24.3 Å². The Morgan fingerprint density at radius 3 is 2.43 bits per heavy atom. The number of carbonyl (C=O) groups is 1. The molecular formula is C20H23ClF2N4O. The maximum atomic E-state index is 13.0. The van der Waals surface area contributed by atoms with Gasteiger partial charge in [0.2, 0.25) is 5.91 Å². The molecule has 2 heterocycles. The molecule has 1 aliphatic heterocycles. The van der Waals surface area contributed by atoms with Crippen molar-refractivity contribution in [2.45, 2.75) is 38.3 Å². The van der Waals surface area contributed by atoms with Crippen molar-refractivity contribution in [1.82, 2.24) is 19.6 Å². The number of piperazine rings is 1. The number of nitrogens with zero attached hydrogens (tertiary/aromatic N) is 4. The van der Waals surface area contributed by atoms with Gasteiger partial charge in [0.05, 0.1) is 0 Å². The Hall–Kier alpha value is -1.99. The monoisotopic (exact) mass is 408 g/mol. The van der Waals surface area contributed by atoms with E-state index in [0.29, 0.717) is 13.1 Å². The van der Waals surface area contributed by atoms with Crippen LogP contribution in [0.25, 0.3) is 0 Å². The summed E-state index contributed by atoms with van der Waals surface area (Å²) in [6.07, 6.45) is -0.650. The second kappa shape index (κ2) is 8.17. The topological polar surface area (TPSA) is 41.4 Å². The molecule has 150 valence electrons. The largest absolute Gasteiger partial charge is 0.339 e. The molecule has 1 aromatic heterocycles. The van der Waals surface area contributed by atoms with Crippen LogP contribution in [0.15, 0.2) is 30.3 Å². The van der Waals surface area contributed by atoms with Crippen LogP contribution < -0.4 is 0 Å². The Balaban J connectivity index is 1.32. The zero-order valence-corrected chi connectivity index (χ0v) is 16.3. The SMILES string of the molecule is O=C(Cn1nc(C(F)F)cc1C1CC1)N1CCN(Cc2ccc(Cl)cc2)CC1. The molecule has 4 rings (SSSR count). The number of aromatic nitrogens is 2. The Kier molecular flexibility index (Phi) is 5.64. The molecule has 2 aliphatic rings. The first kappa shape index (κ1) is 19.3. The summed E-state index contributed by atoms with van der Waals surface area (Å²) in [7, 11) is 0. The van der Waals surface area contributed by atoms with Gasteiger partial charge in [0.15, 0.2) is 0 Å². The molecule has 1 saturated heterocycles. The van der Waals surface area contributed by atoms with E-state index >= 15 is 0 Å². The summed E-state index contributed by atoms with van der Waals surface area (Å²) in [5.74, 6) is 0.209. The molecule has 1 aliphatic carbocycles. The lowest BCUT2D eigenvalue weighted by Crippen LogP contribution is -2.49. The number of hydrogen-bond acceptors (Lipinski definition) is 3. The van der Waals surface area contributed by atoms with Crippen molar-refractivity contribution in [2.24, 2.45) is 0 Å². The third kappa shape index (κ3) is 4.52. The summed E-state index contributed by atoms with van der Waals surface area (Å²) in [6.45, 7) is 3.69. The van der Waals surface area contributed by atoms with Gasteiger partial charge in [0.1, 0.15) is 12.2 Å². The number of hydrogen-bond donors (Lipinski definition) is 0. The van der Waals surface area contributed by atoms with Crippen LogP contribution in [0.3, 0.4) is 0 Å². The molecule has 0 spiro atoms. The standard InChI is InChI=1S/C20H23ClF2N4O/c21-16-5-1-14(2-6-16)12-25-7-9-26(10-8-25)19(28)13-27-18(15-3-4-15)11-17(24-27)20(22)23/h1-2,5-6,11,15,20H,3-4,7-10,12-13H2. The summed E-state index contributed by atoms with van der Waals surface area (Å²) in [5.41, 5.74) is 1.72. The molecule has 1 saturated carbocycles. The summed E-state index contributed by atoms with van der Waals surface area (Å²) < 4.78 is 27.5. The number of rotatable bonds is 6. The predicted octanol–water partition coefficient (Wildman–Crippen LogP) is 3.70. The van der Waals surface area contributed by atoms with E-state index < -0.39 is 6.43 Å². The number of carbonyl (C=O) groups excluding carboxylic acids is 1. The highest BCUT2D eigenvalue weighted by Gasteiger charge is 2.31. The minimum absolute atomic E-state index is 0.0374. The van der Waals surface area contributed by atoms with E-state index in [1.54, 1.807) is 4.90 Å². The second-order valence-electron chi connectivity index (χ2n) is 7.51. The smallest absolute Gasteiger partial charge is 0.282 e. The summed E-state index contributed by atoms with van der Waals surface area (Å²) in [6, 6.07) is 9.24. The number of amides is 1. The van der Waals surface area contributed by atoms with Crippen LogP contribution in [0.2, 0.25) is 5.02 Å². The van der Waals surface area contributed by atoms with Gasteiger partial charge in [-0.2, -0.15) is 5.10 Å². The van der Waals surface area contributed by atoms with Crippen molar-refractivity contribution in [2.75, 3.05) is 26.2 Å². The number of alkyl halides is 2. The predicted molar refractivity (Wildman–Crippen MR) is 102 cm³/mol. The van der Waals surface area contributed by atoms with E-state index in [2.05, 4.69) is 10.00 Å². The highest BCUT2D eigenvalue weighted by molar-refractivity contribution is 6.30. The molecule has 2 fully saturated rings. The molecule has 0 radical (unpaired) electrons. The molecule has 0 bridgehead atoms. The van der Waals surface area contributed by atoms with Crippen LogP contribution in [-0.4, -0.2) is 51.7 Å². The maximum Gasteiger partial charge on any atom is 0.282 e. The Labute approximate surface area is 167 Å². The van der Waals surface area contributed by atoms with Gasteiger partial charge < -0.3 is 4.90 Å². The zero-order valence-electron chi connectivity index (χ0n) is 15.5. The molecule has 1 amide bonds. The van der Waals surface area contributed by atoms with Crippen LogP contribution in [0.4, 0.5) is 8.78 Å². The summed E-state index contributed by atoms with van der Waals surface area (Å²) in [5, 5.41) is 4.70. The van der Waals surface area contributed by atoms with Crippen molar-refractivity contribution < 1.29 is 13.6 Å². The van der Waals surface area contributed by atoms with E-state index in [-0.39, 0.29) is 24.1 Å². The van der Waals surface area contributed by atoms with E-state index in [9.17, 15) is 13.6 Å². The molecule has 0 N–H and O–H groups in total. The van der Waals surface area contributed by atoms with Crippen LogP contribution in [0.5, 0.6) is 0 Å². The van der Waals surface area contributed by atoms with Crippen molar-refractivity contribution in [1.29, 1.82) is 0 Å². The van der Waals surface area contributed by atoms with Crippen molar-refractivity contribution in [3.8, 4) is 0 Å². The quantitative estimate of drug-likeness (QED) is 0.732. The van der Waals surface area contributed by atoms with Gasteiger partial charge >= 0.3 is 0 Å². The lowest BCUT2D eigenvalue weighted by atomic mass is 10.2. The Morgan fingerprint density at radius 1 is 1.14 bits per heavy atom. The average Bonchev–Trinajstić information content (AvgIpc) is 3.44. The zero-order chi connectivity index (χ0) is 19.7. The van der Waals surface area contributed by atoms with Crippen LogP contribution in [0.1, 0.15) is 42.1 Å². The fraction of sp³-hybridized carbons (Fsp3) is 0.500. The lowest BCUT2D eigenvalue weighted by molar-refractivity contribution is -0.133. The molecule has 2 aromatic rings. The van der Waals surface area contributed by atoms with E-state index in [0.717, 1.165) is 43.2 Å². The molecule has 1 aromatic carbocycles. The van der Waals surface area contributed by atoms with Gasteiger partial charge in [-0.05, 0) is 36.6 Å². The lowest BCUT2D eigenvalue weighted by Gasteiger charge is -2.34. The maximum absolute atomic E-state index is 13.0. The highest BCUT2D eigenvalue weighted by Crippen LogP contribution is 2.41. The van der Waals surface area contributed by atoms with Gasteiger partial charge in [-0.3, -0.25) is 14.4 Å². The van der Waals surface area contributed by atoms with Crippen LogP contribution in [-0.2, 0) is 17.9 Å². The molecule has 0 unspecified atom stereocenters. The Morgan fingerprint density at radius 2 is 1.82 bits per heavy atom. The van der Waals surface area contributed by atoms with Gasteiger partial charge in [-0.25, -0.2) is 8.78 Å². The molecule has 28 heavy (non-hydrogen) atoms. The molecule has 5 nitrogen and oxygen atoms in total. The van der Waals surface area contributed by atoms with Crippen molar-refractivity contribution in [3.05, 3.63) is 52.3 Å². The normalized spacial score (nSPS) is 18.1. The third-order valence-corrected chi connectivity index (χ3v) is 5.63. The fourth-order valence-corrected chi connectivity index (χ4v) is 3.75. The van der Waals surface area contributed by atoms with Gasteiger partial charge in [-0.15, -0.1) is 0 Å². The van der Waals surface area contributed by atoms with E-state index in [1.165, 1.54) is 16.3 Å². The second-order valence-corrected chi connectivity index (χ2v) is 7.95. The first-order chi connectivity index (χ1) is 13.5. The minimum Gasteiger partial charge on any atom is -0.339 e. The van der Waals surface area contributed by atoms with Crippen LogP contribution in [0, 0.1) is 0 Å². The summed E-state index contributed by atoms with van der Waals surface area (Å²) >= 11 is 5.92. The molecule has 8 heteroatoms. The van der Waals surface area contributed by atoms with E-state index in [4.69, 9.17) is 11.6 Å². The fourth-order valence-electron chi connectivity index (χ4n) is 3.62. The average molecular weight is 409 g/mol. The first-order valence-corrected chi connectivity index (χ1v) is 9.98. The first-order valence-electron chi connectivity index (χ1n) is 9.60. The minimum atomic E-state index is -2.61. The van der Waals surface area contributed by atoms with Gasteiger partial charge in [-0.1, -0.05) is 23.7 Å². The van der Waals surface area contributed by atoms with Gasteiger partial charge in [0, 0.05) is 49.4 Å². The molecular weight excluding hydrogens is 386 g/mol.